The van der Waals surface area contributed by atoms with Gasteiger partial charge in [-0.2, -0.15) is 0 Å². The number of nitrogens with zero attached hydrogens (tertiary/aromatic N) is 4. The minimum Gasteiger partial charge on any atom is -0.444 e. The lowest BCUT2D eigenvalue weighted by Gasteiger charge is -2.36. The molecule has 12 heteroatoms. The molecule has 2 heterocycles. The second-order valence-electron chi connectivity index (χ2n) is 9.56. The van der Waals surface area contributed by atoms with E-state index in [1.807, 2.05) is 25.7 Å². The van der Waals surface area contributed by atoms with Crippen molar-refractivity contribution >= 4 is 63.3 Å². The molecule has 0 radical (unpaired) electrons. The van der Waals surface area contributed by atoms with Crippen LogP contribution in [0.2, 0.25) is 15.1 Å². The third-order valence-electron chi connectivity index (χ3n) is 5.77. The van der Waals surface area contributed by atoms with Crippen LogP contribution in [0.3, 0.4) is 0 Å². The van der Waals surface area contributed by atoms with Gasteiger partial charge in [0.25, 0.3) is 0 Å². The van der Waals surface area contributed by atoms with Crippen molar-refractivity contribution in [2.24, 2.45) is 0 Å². The second-order valence-corrected chi connectivity index (χ2v) is 10.8. The number of rotatable bonds is 5. The first-order valence-electron chi connectivity index (χ1n) is 11.7. The van der Waals surface area contributed by atoms with E-state index < -0.39 is 11.4 Å². The minimum atomic E-state index is -0.649. The van der Waals surface area contributed by atoms with Crippen molar-refractivity contribution in [3.05, 3.63) is 45.4 Å². The fourth-order valence-electron chi connectivity index (χ4n) is 4.17. The summed E-state index contributed by atoms with van der Waals surface area (Å²) in [5.41, 5.74) is 0.333. The van der Waals surface area contributed by atoms with Crippen LogP contribution in [0.5, 0.6) is 0 Å². The highest BCUT2D eigenvalue weighted by Gasteiger charge is 2.28. The number of carbonyl (C=O) groups excluding carboxylic acids is 1. The quantitative estimate of drug-likeness (QED) is 0.397. The molecule has 37 heavy (non-hydrogen) atoms. The van der Waals surface area contributed by atoms with Crippen molar-refractivity contribution in [3.8, 4) is 11.1 Å². The van der Waals surface area contributed by atoms with Crippen LogP contribution in [-0.2, 0) is 4.74 Å². The zero-order valence-corrected chi connectivity index (χ0v) is 22.9. The number of aliphatic hydroxyl groups excluding tert-OH is 1. The number of benzene rings is 2. The molecule has 1 fully saturated rings. The van der Waals surface area contributed by atoms with Gasteiger partial charge in [-0.15, -0.1) is 0 Å². The Kier molecular flexibility index (Phi) is 8.18. The largest absolute Gasteiger partial charge is 0.444 e. The number of carbonyl (C=O) groups is 1. The first-order chi connectivity index (χ1) is 17.5. The summed E-state index contributed by atoms with van der Waals surface area (Å²) in [5, 5.41) is 13.4. The number of nitrogens with one attached hydrogen (secondary N) is 1. The monoisotopic (exact) mass is 569 g/mol. The number of anilines is 2. The van der Waals surface area contributed by atoms with E-state index in [0.717, 1.165) is 0 Å². The maximum atomic E-state index is 16.0. The molecule has 1 amide bonds. The number of aliphatic hydroxyl groups is 1. The molecule has 0 atom stereocenters. The number of hydrogen-bond donors (Lipinski definition) is 2. The van der Waals surface area contributed by atoms with Gasteiger partial charge in [0.05, 0.1) is 22.3 Å². The highest BCUT2D eigenvalue weighted by Crippen LogP contribution is 2.44. The van der Waals surface area contributed by atoms with Crippen molar-refractivity contribution in [1.29, 1.82) is 0 Å². The number of amides is 1. The molecule has 4 rings (SSSR count). The van der Waals surface area contributed by atoms with Gasteiger partial charge in [-0.05, 0) is 39.0 Å². The van der Waals surface area contributed by atoms with Crippen LogP contribution in [0, 0.1) is 5.82 Å². The first kappa shape index (κ1) is 27.4. The molecule has 1 aliphatic rings. The summed E-state index contributed by atoms with van der Waals surface area (Å²) in [6.07, 6.45) is 0.929. The molecule has 1 aromatic heterocycles. The molecule has 1 aliphatic heterocycles. The number of halogens is 4. The van der Waals surface area contributed by atoms with Crippen molar-refractivity contribution in [1.82, 2.24) is 14.9 Å². The number of aromatic nitrogens is 2. The third kappa shape index (κ3) is 5.95. The van der Waals surface area contributed by atoms with Gasteiger partial charge in [-0.1, -0.05) is 34.8 Å². The normalized spacial score (nSPS) is 14.3. The van der Waals surface area contributed by atoms with Crippen molar-refractivity contribution in [2.45, 2.75) is 26.4 Å². The van der Waals surface area contributed by atoms with Crippen molar-refractivity contribution in [3.63, 3.8) is 0 Å². The Morgan fingerprint density at radius 1 is 1.11 bits per heavy atom. The summed E-state index contributed by atoms with van der Waals surface area (Å²) in [6.45, 7) is 7.33. The topological polar surface area (TPSA) is 90.8 Å². The lowest BCUT2D eigenvalue weighted by Crippen LogP contribution is -2.50. The van der Waals surface area contributed by atoms with E-state index in [0.29, 0.717) is 53.7 Å². The van der Waals surface area contributed by atoms with Crippen LogP contribution in [0.1, 0.15) is 20.8 Å². The molecule has 0 saturated carbocycles. The average molecular weight is 571 g/mol. The second kappa shape index (κ2) is 11.0. The molecule has 2 aromatic carbocycles. The van der Waals surface area contributed by atoms with Gasteiger partial charge in [-0.25, -0.2) is 19.2 Å². The average Bonchev–Trinajstić information content (AvgIpc) is 2.82. The first-order valence-corrected chi connectivity index (χ1v) is 12.8. The minimum absolute atomic E-state index is 0.0819. The van der Waals surface area contributed by atoms with E-state index in [1.165, 1.54) is 12.4 Å². The summed E-state index contributed by atoms with van der Waals surface area (Å²) >= 11 is 19.2. The lowest BCUT2D eigenvalue weighted by atomic mass is 10.00. The van der Waals surface area contributed by atoms with Gasteiger partial charge in [0.15, 0.2) is 5.82 Å². The van der Waals surface area contributed by atoms with Crippen LogP contribution in [0.15, 0.2) is 24.5 Å². The highest BCUT2D eigenvalue weighted by atomic mass is 35.5. The van der Waals surface area contributed by atoms with Crippen molar-refractivity contribution in [2.75, 3.05) is 49.5 Å². The van der Waals surface area contributed by atoms with Crippen LogP contribution < -0.4 is 10.2 Å². The van der Waals surface area contributed by atoms with Gasteiger partial charge in [0.2, 0.25) is 0 Å². The Hall–Kier alpha value is -2.59. The van der Waals surface area contributed by atoms with Gasteiger partial charge in [-0.3, -0.25) is 0 Å². The summed E-state index contributed by atoms with van der Waals surface area (Å²) in [7, 11) is 0. The predicted octanol–water partition coefficient (Wildman–Crippen LogP) is 5.86. The highest BCUT2D eigenvalue weighted by molar-refractivity contribution is 6.38. The Balaban J connectivity index is 1.70. The van der Waals surface area contributed by atoms with E-state index in [-0.39, 0.29) is 40.4 Å². The molecule has 198 valence electrons. The van der Waals surface area contributed by atoms with E-state index in [4.69, 9.17) is 39.5 Å². The zero-order valence-electron chi connectivity index (χ0n) is 20.6. The predicted molar refractivity (Wildman–Crippen MR) is 146 cm³/mol. The maximum absolute atomic E-state index is 16.0. The van der Waals surface area contributed by atoms with Gasteiger partial charge in [0, 0.05) is 54.3 Å². The molecular formula is C25H27Cl3FN5O3. The number of hydrogen-bond acceptors (Lipinski definition) is 7. The lowest BCUT2D eigenvalue weighted by molar-refractivity contribution is 0.0240. The Labute approximate surface area is 229 Å². The van der Waals surface area contributed by atoms with E-state index in [9.17, 15) is 9.90 Å². The smallest absolute Gasteiger partial charge is 0.410 e. The van der Waals surface area contributed by atoms with E-state index in [2.05, 4.69) is 15.3 Å². The number of piperazine rings is 1. The molecule has 2 N–H and O–H groups in total. The molecule has 3 aromatic rings. The Morgan fingerprint density at radius 3 is 2.46 bits per heavy atom. The van der Waals surface area contributed by atoms with Crippen LogP contribution in [0.4, 0.5) is 20.7 Å². The van der Waals surface area contributed by atoms with Crippen molar-refractivity contribution < 1.29 is 19.0 Å². The van der Waals surface area contributed by atoms with E-state index >= 15 is 4.39 Å². The summed E-state index contributed by atoms with van der Waals surface area (Å²) in [6, 6.07) is 4.70. The van der Waals surface area contributed by atoms with Gasteiger partial charge < -0.3 is 25.0 Å². The fourth-order valence-corrected chi connectivity index (χ4v) is 5.03. The van der Waals surface area contributed by atoms with Gasteiger partial charge >= 0.3 is 6.09 Å². The summed E-state index contributed by atoms with van der Waals surface area (Å²) in [5.74, 6) is -0.132. The van der Waals surface area contributed by atoms with E-state index in [1.54, 1.807) is 17.0 Å². The number of ether oxygens (including phenoxy) is 1. The standard InChI is InChI=1S/C25H27Cl3FN5O3/c1-25(2,3)37-24(36)34-7-5-33(6-8-34)23-16-12-17(27)19(20(29)22(16)31-13-32-23)15-10-14(26)11-18(28)21(15)30-4-9-35/h10-13,30,35H,4-9H2,1-3H3. The molecule has 0 bridgehead atoms. The molecule has 0 aliphatic carbocycles. The Morgan fingerprint density at radius 2 is 1.81 bits per heavy atom. The van der Waals surface area contributed by atoms with Gasteiger partial charge in [0.1, 0.15) is 23.3 Å². The van der Waals surface area contributed by atoms with Crippen LogP contribution in [-0.4, -0.2) is 71.0 Å². The molecule has 0 spiro atoms. The summed E-state index contributed by atoms with van der Waals surface area (Å²) < 4.78 is 21.5. The number of fused-ring (bicyclic) bond motifs is 1. The van der Waals surface area contributed by atoms with Crippen LogP contribution in [0.25, 0.3) is 22.0 Å². The molecule has 0 unspecified atom stereocenters. The fraction of sp³-hybridized carbons (Fsp3) is 0.400. The SMILES string of the molecule is CC(C)(C)OC(=O)N1CCN(c2ncnc3c(F)c(-c4cc(Cl)cc(Cl)c4NCCO)c(Cl)cc23)CC1. The van der Waals surface area contributed by atoms with Crippen LogP contribution >= 0.6 is 34.8 Å². The molecule has 8 nitrogen and oxygen atoms in total. The maximum Gasteiger partial charge on any atom is 0.410 e. The Bertz CT molecular complexity index is 1330. The zero-order chi connectivity index (χ0) is 26.9. The third-order valence-corrected chi connectivity index (χ3v) is 6.58. The molecule has 1 saturated heterocycles. The molecular weight excluding hydrogens is 544 g/mol. The summed E-state index contributed by atoms with van der Waals surface area (Å²) in [4.78, 5) is 24.6.